The number of carbonyl (C=O) groups is 2. The van der Waals surface area contributed by atoms with Gasteiger partial charge in [-0.3, -0.25) is 9.59 Å². The molecule has 2 unspecified atom stereocenters. The van der Waals surface area contributed by atoms with Crippen LogP contribution in [0.3, 0.4) is 0 Å². The monoisotopic (exact) mass is 306 g/mol. The van der Waals surface area contributed by atoms with Crippen molar-refractivity contribution in [1.82, 2.24) is 10.2 Å². The molecular formula is C16H22N2O4. The van der Waals surface area contributed by atoms with Gasteiger partial charge in [-0.15, -0.1) is 0 Å². The summed E-state index contributed by atoms with van der Waals surface area (Å²) in [7, 11) is 3.27. The molecule has 1 fully saturated rings. The molecule has 0 bridgehead atoms. The summed E-state index contributed by atoms with van der Waals surface area (Å²) in [6.45, 7) is 2.75. The number of methoxy groups -OCH3 is 1. The Kier molecular flexibility index (Phi) is 5.51. The van der Waals surface area contributed by atoms with Crippen molar-refractivity contribution < 1.29 is 19.1 Å². The molecule has 120 valence electrons. The molecule has 1 heterocycles. The highest BCUT2D eigenvalue weighted by Crippen LogP contribution is 2.29. The molecule has 0 spiro atoms. The van der Waals surface area contributed by atoms with Crippen molar-refractivity contribution in [2.24, 2.45) is 0 Å². The molecule has 6 nitrogen and oxygen atoms in total. The number of rotatable bonds is 5. The maximum atomic E-state index is 12.3. The smallest absolute Gasteiger partial charge is 0.251 e. The van der Waals surface area contributed by atoms with E-state index in [9.17, 15) is 9.59 Å². The second-order valence-electron chi connectivity index (χ2n) is 5.38. The van der Waals surface area contributed by atoms with Crippen LogP contribution in [0.15, 0.2) is 24.3 Å². The molecule has 1 aromatic rings. The number of aryl methyl sites for hydroxylation is 1. The van der Waals surface area contributed by atoms with E-state index < -0.39 is 12.1 Å². The van der Waals surface area contributed by atoms with Crippen LogP contribution in [0.2, 0.25) is 0 Å². The molecule has 0 aromatic heterocycles. The maximum absolute atomic E-state index is 12.3. The molecular weight excluding hydrogens is 284 g/mol. The van der Waals surface area contributed by atoms with Crippen LogP contribution in [0.25, 0.3) is 0 Å². The summed E-state index contributed by atoms with van der Waals surface area (Å²) in [4.78, 5) is 25.8. The predicted octanol–water partition coefficient (Wildman–Crippen LogP) is 0.656. The van der Waals surface area contributed by atoms with E-state index in [1.807, 2.05) is 31.2 Å². The lowest BCUT2D eigenvalue weighted by molar-refractivity contribution is -0.162. The Morgan fingerprint density at radius 3 is 2.73 bits per heavy atom. The summed E-state index contributed by atoms with van der Waals surface area (Å²) in [5.41, 5.74) is 2.00. The van der Waals surface area contributed by atoms with Gasteiger partial charge in [-0.1, -0.05) is 29.8 Å². The van der Waals surface area contributed by atoms with E-state index >= 15 is 0 Å². The fourth-order valence-corrected chi connectivity index (χ4v) is 2.47. The first-order chi connectivity index (χ1) is 10.5. The second-order valence-corrected chi connectivity index (χ2v) is 5.38. The van der Waals surface area contributed by atoms with Crippen molar-refractivity contribution in [2.75, 3.05) is 33.9 Å². The molecule has 22 heavy (non-hydrogen) atoms. The minimum atomic E-state index is -0.720. The lowest BCUT2D eigenvalue weighted by Gasteiger charge is -2.38. The normalized spacial score (nSPS) is 21.8. The third-order valence-corrected chi connectivity index (χ3v) is 3.77. The highest BCUT2D eigenvalue weighted by atomic mass is 16.5. The lowest BCUT2D eigenvalue weighted by atomic mass is 9.97. The number of hydrogen-bond acceptors (Lipinski definition) is 4. The van der Waals surface area contributed by atoms with Gasteiger partial charge in [0.25, 0.3) is 5.91 Å². The fourth-order valence-electron chi connectivity index (χ4n) is 2.47. The Bertz CT molecular complexity index is 529. The molecule has 6 heteroatoms. The minimum Gasteiger partial charge on any atom is -0.383 e. The maximum Gasteiger partial charge on any atom is 0.251 e. The molecule has 0 saturated carbocycles. The Balaban J connectivity index is 2.20. The summed E-state index contributed by atoms with van der Waals surface area (Å²) in [5, 5.41) is 2.77. The van der Waals surface area contributed by atoms with Gasteiger partial charge in [0.15, 0.2) is 6.10 Å². The van der Waals surface area contributed by atoms with Gasteiger partial charge in [-0.05, 0) is 12.5 Å². The summed E-state index contributed by atoms with van der Waals surface area (Å²) >= 11 is 0. The molecule has 0 radical (unpaired) electrons. The Hall–Kier alpha value is -1.92. The number of nitrogens with zero attached hydrogens (tertiary/aromatic N) is 1. The van der Waals surface area contributed by atoms with Gasteiger partial charge < -0.3 is 19.7 Å². The number of carbonyl (C=O) groups excluding carboxylic acids is 2. The number of hydrogen-bond donors (Lipinski definition) is 1. The van der Waals surface area contributed by atoms with Crippen LogP contribution in [-0.2, 0) is 19.1 Å². The minimum absolute atomic E-state index is 0.0821. The number of benzene rings is 1. The number of ether oxygens (including phenoxy) is 2. The van der Waals surface area contributed by atoms with Gasteiger partial charge in [0.2, 0.25) is 5.91 Å². The summed E-state index contributed by atoms with van der Waals surface area (Å²) in [6, 6.07) is 7.34. The van der Waals surface area contributed by atoms with Crippen LogP contribution in [-0.4, -0.2) is 56.7 Å². The topological polar surface area (TPSA) is 67.9 Å². The second kappa shape index (κ2) is 7.38. The summed E-state index contributed by atoms with van der Waals surface area (Å²) in [5.74, 6) is -0.367. The van der Waals surface area contributed by atoms with E-state index in [0.29, 0.717) is 13.2 Å². The van der Waals surface area contributed by atoms with Crippen LogP contribution in [0, 0.1) is 6.92 Å². The van der Waals surface area contributed by atoms with Gasteiger partial charge in [-0.2, -0.15) is 0 Å². The van der Waals surface area contributed by atoms with Crippen LogP contribution in [0.1, 0.15) is 17.2 Å². The van der Waals surface area contributed by atoms with E-state index in [1.54, 1.807) is 19.1 Å². The third-order valence-electron chi connectivity index (χ3n) is 3.77. The number of amides is 2. The SMILES string of the molecule is COCCNC(=O)C1OCC(=O)N(C)C1c1ccc(C)cc1. The lowest BCUT2D eigenvalue weighted by Crippen LogP contribution is -2.53. The Labute approximate surface area is 130 Å². The first-order valence-electron chi connectivity index (χ1n) is 7.25. The van der Waals surface area contributed by atoms with E-state index in [4.69, 9.17) is 9.47 Å². The first kappa shape index (κ1) is 16.5. The van der Waals surface area contributed by atoms with Crippen LogP contribution >= 0.6 is 0 Å². The number of morpholine rings is 1. The van der Waals surface area contributed by atoms with Crippen molar-refractivity contribution in [3.05, 3.63) is 35.4 Å². The average Bonchev–Trinajstić information content (AvgIpc) is 2.51. The van der Waals surface area contributed by atoms with E-state index in [1.165, 1.54) is 0 Å². The first-order valence-corrected chi connectivity index (χ1v) is 7.25. The van der Waals surface area contributed by atoms with Crippen LogP contribution in [0.4, 0.5) is 0 Å². The van der Waals surface area contributed by atoms with Gasteiger partial charge in [0.05, 0.1) is 12.6 Å². The molecule has 2 rings (SSSR count). The molecule has 2 atom stereocenters. The van der Waals surface area contributed by atoms with Gasteiger partial charge in [0, 0.05) is 20.7 Å². The highest BCUT2D eigenvalue weighted by molar-refractivity contribution is 5.86. The molecule has 1 N–H and O–H groups in total. The Morgan fingerprint density at radius 2 is 2.09 bits per heavy atom. The fraction of sp³-hybridized carbons (Fsp3) is 0.500. The molecule has 1 aliphatic rings. The average molecular weight is 306 g/mol. The number of likely N-dealkylation sites (N-methyl/N-ethyl adjacent to an activating group) is 1. The van der Waals surface area contributed by atoms with Gasteiger partial charge >= 0.3 is 0 Å². The van der Waals surface area contributed by atoms with Crippen molar-refractivity contribution >= 4 is 11.8 Å². The van der Waals surface area contributed by atoms with Gasteiger partial charge in [-0.25, -0.2) is 0 Å². The molecule has 1 saturated heterocycles. The van der Waals surface area contributed by atoms with Crippen molar-refractivity contribution in [3.8, 4) is 0 Å². The summed E-state index contributed by atoms with van der Waals surface area (Å²) in [6.07, 6.45) is -0.720. The molecule has 0 aliphatic carbocycles. The van der Waals surface area contributed by atoms with E-state index in [2.05, 4.69) is 5.32 Å². The molecule has 1 aromatic carbocycles. The van der Waals surface area contributed by atoms with E-state index in [-0.39, 0.29) is 18.4 Å². The zero-order chi connectivity index (χ0) is 16.1. The standard InChI is InChI=1S/C16H22N2O4/c1-11-4-6-12(7-5-11)14-15(16(20)17-8-9-21-3)22-10-13(19)18(14)2/h4-7,14-15H,8-10H2,1-3H3,(H,17,20). The van der Waals surface area contributed by atoms with Gasteiger partial charge in [0.1, 0.15) is 6.61 Å². The molecule has 2 amide bonds. The zero-order valence-electron chi connectivity index (χ0n) is 13.2. The quantitative estimate of drug-likeness (QED) is 0.811. The predicted molar refractivity (Wildman–Crippen MR) is 81.3 cm³/mol. The third kappa shape index (κ3) is 3.64. The van der Waals surface area contributed by atoms with Crippen LogP contribution in [0.5, 0.6) is 0 Å². The van der Waals surface area contributed by atoms with Crippen LogP contribution < -0.4 is 5.32 Å². The van der Waals surface area contributed by atoms with Crippen molar-refractivity contribution in [3.63, 3.8) is 0 Å². The summed E-state index contributed by atoms with van der Waals surface area (Å²) < 4.78 is 10.4. The highest BCUT2D eigenvalue weighted by Gasteiger charge is 2.39. The Morgan fingerprint density at radius 1 is 1.41 bits per heavy atom. The largest absolute Gasteiger partial charge is 0.383 e. The van der Waals surface area contributed by atoms with E-state index in [0.717, 1.165) is 11.1 Å². The molecule has 1 aliphatic heterocycles. The number of nitrogens with one attached hydrogen (secondary N) is 1. The van der Waals surface area contributed by atoms with Crippen molar-refractivity contribution in [2.45, 2.75) is 19.1 Å². The van der Waals surface area contributed by atoms with Crippen molar-refractivity contribution in [1.29, 1.82) is 0 Å². The zero-order valence-corrected chi connectivity index (χ0v) is 13.2.